The van der Waals surface area contributed by atoms with Crippen molar-refractivity contribution in [1.29, 1.82) is 0 Å². The molecule has 1 saturated heterocycles. The minimum atomic E-state index is -0.700. The van der Waals surface area contributed by atoms with Gasteiger partial charge in [-0.3, -0.25) is 4.79 Å². The maximum Gasteiger partial charge on any atom is 0.407 e. The van der Waals surface area contributed by atoms with E-state index in [4.69, 9.17) is 14.2 Å². The van der Waals surface area contributed by atoms with E-state index in [0.29, 0.717) is 36.5 Å². The molecule has 0 radical (unpaired) electrons. The number of nitrogens with zero attached hydrogens (tertiary/aromatic N) is 2. The number of aromatic nitrogens is 1. The minimum absolute atomic E-state index is 0.0213. The van der Waals surface area contributed by atoms with Crippen molar-refractivity contribution < 1.29 is 28.2 Å². The number of fused-ring (bicyclic) bond motifs is 5. The average molecular weight is 564 g/mol. The molecule has 1 aliphatic carbocycles. The maximum absolute atomic E-state index is 16.0. The van der Waals surface area contributed by atoms with Crippen molar-refractivity contribution in [2.24, 2.45) is 5.92 Å². The van der Waals surface area contributed by atoms with Gasteiger partial charge in [0.25, 0.3) is 0 Å². The largest absolute Gasteiger partial charge is 0.462 e. The molecular formula is C31H34FN3O6. The number of anilines is 1. The minimum Gasteiger partial charge on any atom is -0.462 e. The highest BCUT2D eigenvalue weighted by molar-refractivity contribution is 5.96. The van der Waals surface area contributed by atoms with E-state index in [1.807, 2.05) is 34.9 Å². The van der Waals surface area contributed by atoms with Gasteiger partial charge in [-0.1, -0.05) is 30.3 Å². The third-order valence-corrected chi connectivity index (χ3v) is 8.15. The Bertz CT molecular complexity index is 1520. The van der Waals surface area contributed by atoms with E-state index in [-0.39, 0.29) is 48.8 Å². The first-order valence-electron chi connectivity index (χ1n) is 14.3. The number of carbonyl (C=O) groups is 2. The molecule has 216 valence electrons. The van der Waals surface area contributed by atoms with Gasteiger partial charge in [0.05, 0.1) is 24.4 Å². The Balaban J connectivity index is 1.28. The predicted molar refractivity (Wildman–Crippen MR) is 151 cm³/mol. The number of alkyl carbamates (subject to hydrolysis) is 1. The molecule has 2 atom stereocenters. The van der Waals surface area contributed by atoms with Gasteiger partial charge in [-0.15, -0.1) is 0 Å². The zero-order valence-electron chi connectivity index (χ0n) is 23.1. The number of hydrogen-bond donors (Lipinski definition) is 1. The number of ether oxygens (including phenoxy) is 3. The third-order valence-electron chi connectivity index (χ3n) is 8.15. The highest BCUT2D eigenvalue weighted by Gasteiger charge is 2.38. The summed E-state index contributed by atoms with van der Waals surface area (Å²) in [5.74, 6) is -1.13. The second kappa shape index (κ2) is 11.5. The van der Waals surface area contributed by atoms with Gasteiger partial charge in [0.2, 0.25) is 5.43 Å². The summed E-state index contributed by atoms with van der Waals surface area (Å²) < 4.78 is 34.4. The SMILES string of the molecule is CCOC(=O)c1cn(C2CC2)c2c3c(c(F)cc2c1=O)N1C[C@@H](CNC(=O)OCc2ccccc2)C[C@H]1CCOC3. The number of benzene rings is 2. The van der Waals surface area contributed by atoms with Gasteiger partial charge in [0.15, 0.2) is 0 Å². The number of pyridine rings is 1. The summed E-state index contributed by atoms with van der Waals surface area (Å²) in [4.78, 5) is 40.4. The number of carbonyl (C=O) groups excluding carboxylic acids is 2. The van der Waals surface area contributed by atoms with Gasteiger partial charge >= 0.3 is 12.1 Å². The van der Waals surface area contributed by atoms with Crippen LogP contribution in [0.5, 0.6) is 0 Å². The summed E-state index contributed by atoms with van der Waals surface area (Å²) in [6, 6.07) is 10.9. The Morgan fingerprint density at radius 3 is 2.68 bits per heavy atom. The second-order valence-electron chi connectivity index (χ2n) is 11.0. The van der Waals surface area contributed by atoms with Crippen LogP contribution in [0, 0.1) is 11.7 Å². The van der Waals surface area contributed by atoms with Crippen molar-refractivity contribution in [1.82, 2.24) is 9.88 Å². The number of rotatable bonds is 7. The van der Waals surface area contributed by atoms with Gasteiger partial charge in [0, 0.05) is 48.9 Å². The molecule has 41 heavy (non-hydrogen) atoms. The number of hydrogen-bond acceptors (Lipinski definition) is 7. The van der Waals surface area contributed by atoms with Crippen molar-refractivity contribution >= 4 is 28.7 Å². The highest BCUT2D eigenvalue weighted by atomic mass is 19.1. The number of nitrogens with one attached hydrogen (secondary N) is 1. The second-order valence-corrected chi connectivity index (χ2v) is 11.0. The van der Waals surface area contributed by atoms with Gasteiger partial charge < -0.3 is 29.0 Å². The molecule has 10 heteroatoms. The fraction of sp³-hybridized carbons (Fsp3) is 0.452. The number of halogens is 1. The number of esters is 1. The lowest BCUT2D eigenvalue weighted by atomic mass is 10.0. The fourth-order valence-electron chi connectivity index (χ4n) is 6.10. The molecular weight excluding hydrogens is 529 g/mol. The molecule has 1 amide bonds. The van der Waals surface area contributed by atoms with E-state index in [9.17, 15) is 14.4 Å². The summed E-state index contributed by atoms with van der Waals surface area (Å²) in [6.07, 6.45) is 4.40. The van der Waals surface area contributed by atoms with Gasteiger partial charge in [-0.2, -0.15) is 0 Å². The van der Waals surface area contributed by atoms with Crippen LogP contribution in [0.3, 0.4) is 0 Å². The van der Waals surface area contributed by atoms with Crippen LogP contribution in [0.25, 0.3) is 10.9 Å². The van der Waals surface area contributed by atoms with Crippen LogP contribution in [0.4, 0.5) is 14.9 Å². The summed E-state index contributed by atoms with van der Waals surface area (Å²) in [6.45, 7) is 3.62. The third kappa shape index (κ3) is 5.53. The van der Waals surface area contributed by atoms with Crippen LogP contribution in [0.2, 0.25) is 0 Å². The summed E-state index contributed by atoms with van der Waals surface area (Å²) in [5, 5.41) is 3.03. The number of amides is 1. The zero-order chi connectivity index (χ0) is 28.5. The molecule has 0 spiro atoms. The molecule has 2 aromatic carbocycles. The quantitative estimate of drug-likeness (QED) is 0.417. The van der Waals surface area contributed by atoms with E-state index in [2.05, 4.69) is 10.2 Å². The van der Waals surface area contributed by atoms with Crippen molar-refractivity contribution in [3.05, 3.63) is 75.3 Å². The Kier molecular flexibility index (Phi) is 7.66. The first kappa shape index (κ1) is 27.3. The molecule has 3 aliphatic rings. The van der Waals surface area contributed by atoms with E-state index in [1.165, 1.54) is 6.07 Å². The van der Waals surface area contributed by atoms with E-state index < -0.39 is 23.3 Å². The van der Waals surface area contributed by atoms with Crippen molar-refractivity contribution in [2.75, 3.05) is 31.2 Å². The molecule has 1 aromatic heterocycles. The summed E-state index contributed by atoms with van der Waals surface area (Å²) >= 11 is 0. The van der Waals surface area contributed by atoms with E-state index in [1.54, 1.807) is 13.1 Å². The van der Waals surface area contributed by atoms with Gasteiger partial charge in [-0.25, -0.2) is 14.0 Å². The van der Waals surface area contributed by atoms with Crippen LogP contribution in [-0.4, -0.2) is 49.0 Å². The Labute approximate surface area is 237 Å². The first-order valence-corrected chi connectivity index (χ1v) is 14.3. The normalized spacial score (nSPS) is 20.1. The standard InChI is InChI=1S/C31H34FN3O6/c1-2-40-30(37)24-16-35(21-8-9-21)27-23(29(24)36)13-26(32)28-25(27)18-39-11-10-22-12-20(15-34(22)28)14-33-31(38)41-17-19-6-4-3-5-7-19/h3-7,13,16,20-22H,2,8-12,14-15,17-18H2,1H3,(H,33,38)/t20-,22-/m1/s1. The van der Waals surface area contributed by atoms with E-state index in [0.717, 1.165) is 31.2 Å². The molecule has 0 unspecified atom stereocenters. The lowest BCUT2D eigenvalue weighted by molar-refractivity contribution is 0.0524. The molecule has 1 saturated carbocycles. The molecule has 9 nitrogen and oxygen atoms in total. The van der Waals surface area contributed by atoms with E-state index >= 15 is 4.39 Å². The van der Waals surface area contributed by atoms with Crippen LogP contribution in [0.1, 0.15) is 60.1 Å². The highest BCUT2D eigenvalue weighted by Crippen LogP contribution is 2.43. The molecule has 0 bridgehead atoms. The van der Waals surface area contributed by atoms with Crippen molar-refractivity contribution in [3.8, 4) is 0 Å². The van der Waals surface area contributed by atoms with Gasteiger partial charge in [0.1, 0.15) is 18.0 Å². The molecule has 1 N–H and O–H groups in total. The topological polar surface area (TPSA) is 99.1 Å². The fourth-order valence-corrected chi connectivity index (χ4v) is 6.10. The summed E-state index contributed by atoms with van der Waals surface area (Å²) in [7, 11) is 0. The lowest BCUT2D eigenvalue weighted by Crippen LogP contribution is -2.35. The lowest BCUT2D eigenvalue weighted by Gasteiger charge is -2.32. The Morgan fingerprint density at radius 2 is 1.93 bits per heavy atom. The molecule has 3 heterocycles. The average Bonchev–Trinajstić information content (AvgIpc) is 3.73. The monoisotopic (exact) mass is 563 g/mol. The van der Waals surface area contributed by atoms with Crippen LogP contribution in [-0.2, 0) is 27.4 Å². The van der Waals surface area contributed by atoms with Crippen molar-refractivity contribution in [2.45, 2.75) is 57.9 Å². The van der Waals surface area contributed by atoms with Crippen LogP contribution in [0.15, 0.2) is 47.4 Å². The molecule has 6 rings (SSSR count). The van der Waals surface area contributed by atoms with Crippen molar-refractivity contribution in [3.63, 3.8) is 0 Å². The molecule has 2 fully saturated rings. The zero-order valence-corrected chi connectivity index (χ0v) is 23.1. The Morgan fingerprint density at radius 1 is 1.12 bits per heavy atom. The van der Waals surface area contributed by atoms with Gasteiger partial charge in [-0.05, 0) is 50.2 Å². The van der Waals surface area contributed by atoms with Crippen LogP contribution >= 0.6 is 0 Å². The van der Waals surface area contributed by atoms with Crippen LogP contribution < -0.4 is 15.6 Å². The smallest absolute Gasteiger partial charge is 0.407 e. The molecule has 3 aromatic rings. The Hall–Kier alpha value is -3.92. The molecule has 2 aliphatic heterocycles. The maximum atomic E-state index is 16.0. The predicted octanol–water partition coefficient (Wildman–Crippen LogP) is 4.69. The first-order chi connectivity index (χ1) is 19.9. The summed E-state index contributed by atoms with van der Waals surface area (Å²) in [5.41, 5.74) is 1.98.